The largest absolute Gasteiger partial charge is 0.482 e. The quantitative estimate of drug-likeness (QED) is 0.180. The number of ether oxygens (including phenoxy) is 1. The Labute approximate surface area is 241 Å². The lowest BCUT2D eigenvalue weighted by Gasteiger charge is -2.22. The summed E-state index contributed by atoms with van der Waals surface area (Å²) in [5.41, 5.74) is 8.12. The number of hydrogen-bond acceptors (Lipinski definition) is 7. The van der Waals surface area contributed by atoms with Crippen LogP contribution in [0.3, 0.4) is 0 Å². The van der Waals surface area contributed by atoms with Gasteiger partial charge in [0, 0.05) is 34.1 Å². The Morgan fingerprint density at radius 3 is 2.48 bits per heavy atom. The topological polar surface area (TPSA) is 132 Å². The molecule has 5 rings (SSSR count). The molecule has 4 N–H and O–H groups in total. The normalized spacial score (nSPS) is 14.7. The Bertz CT molecular complexity index is 1560. The van der Waals surface area contributed by atoms with E-state index in [2.05, 4.69) is 15.4 Å². The molecule has 1 saturated heterocycles. The standard InChI is InChI=1S/C21H22Cl2FN5O.C6H6O3S/c1-12(19-16(22)2-3-17(24)20(19)23)30-18-8-13(9-27-21(18)25)14-10-28-29(11-14)15-4-6-26-7-5-15;7-10(8,9)6-4-2-1-3-5-6/h2-3,8-12,15,26H,4-7H2,1H3,(H2,25,27);1-5H,(H,7,8,9)/t12-;/m1./s1. The molecule has 1 atom stereocenters. The number of nitrogens with one attached hydrogen (secondary N) is 1. The fourth-order valence-corrected chi connectivity index (χ4v) is 5.40. The molecule has 40 heavy (non-hydrogen) atoms. The summed E-state index contributed by atoms with van der Waals surface area (Å²) in [6, 6.07) is 12.3. The summed E-state index contributed by atoms with van der Waals surface area (Å²) in [5.74, 6) is 0.0303. The summed E-state index contributed by atoms with van der Waals surface area (Å²) in [4.78, 5) is 4.18. The van der Waals surface area contributed by atoms with E-state index >= 15 is 0 Å². The average Bonchev–Trinajstić information content (AvgIpc) is 3.44. The molecule has 1 aliphatic rings. The maximum Gasteiger partial charge on any atom is 0.294 e. The van der Waals surface area contributed by atoms with Crippen LogP contribution in [0.1, 0.15) is 37.5 Å². The van der Waals surface area contributed by atoms with E-state index < -0.39 is 22.0 Å². The third kappa shape index (κ3) is 7.29. The van der Waals surface area contributed by atoms with Crippen molar-refractivity contribution in [2.45, 2.75) is 36.8 Å². The predicted octanol–water partition coefficient (Wildman–Crippen LogP) is 5.97. The second kappa shape index (κ2) is 13.0. The zero-order chi connectivity index (χ0) is 28.9. The van der Waals surface area contributed by atoms with Crippen LogP contribution in [0.25, 0.3) is 11.1 Å². The predicted molar refractivity (Wildman–Crippen MR) is 153 cm³/mol. The van der Waals surface area contributed by atoms with Gasteiger partial charge in [0.2, 0.25) is 0 Å². The van der Waals surface area contributed by atoms with Gasteiger partial charge in [-0.1, -0.05) is 41.4 Å². The first kappa shape index (κ1) is 29.8. The number of nitrogens with two attached hydrogens (primary N) is 1. The highest BCUT2D eigenvalue weighted by molar-refractivity contribution is 7.85. The van der Waals surface area contributed by atoms with Gasteiger partial charge in [0.15, 0.2) is 11.6 Å². The number of anilines is 1. The van der Waals surface area contributed by atoms with Crippen LogP contribution >= 0.6 is 23.2 Å². The summed E-state index contributed by atoms with van der Waals surface area (Å²) < 4.78 is 51.1. The van der Waals surface area contributed by atoms with Crippen LogP contribution in [-0.4, -0.2) is 40.8 Å². The number of pyridine rings is 1. The number of hydrogen-bond donors (Lipinski definition) is 3. The minimum absolute atomic E-state index is 0.0686. The molecule has 13 heteroatoms. The second-order valence-corrected chi connectivity index (χ2v) is 11.3. The molecule has 212 valence electrons. The van der Waals surface area contributed by atoms with E-state index in [4.69, 9.17) is 38.2 Å². The zero-order valence-corrected chi connectivity index (χ0v) is 23.8. The summed E-state index contributed by atoms with van der Waals surface area (Å²) in [6.45, 7) is 3.71. The van der Waals surface area contributed by atoms with Gasteiger partial charge in [-0.25, -0.2) is 9.37 Å². The molecule has 2 aromatic carbocycles. The van der Waals surface area contributed by atoms with Gasteiger partial charge in [-0.2, -0.15) is 13.5 Å². The maximum atomic E-state index is 13.9. The third-order valence-corrected chi connectivity index (χ3v) is 7.91. The lowest BCUT2D eigenvalue weighted by molar-refractivity contribution is 0.227. The first-order valence-electron chi connectivity index (χ1n) is 12.4. The van der Waals surface area contributed by atoms with Crippen LogP contribution in [0.5, 0.6) is 5.75 Å². The van der Waals surface area contributed by atoms with E-state index in [1.54, 1.807) is 37.4 Å². The van der Waals surface area contributed by atoms with E-state index in [0.29, 0.717) is 22.4 Å². The Hall–Kier alpha value is -3.22. The SMILES string of the molecule is C[C@@H](Oc1cc(-c2cnn(C3CCNCC3)c2)cnc1N)c1c(Cl)ccc(F)c1Cl.O=S(=O)(O)c1ccccc1. The van der Waals surface area contributed by atoms with Crippen LogP contribution in [0.15, 0.2) is 72.0 Å². The van der Waals surface area contributed by atoms with Gasteiger partial charge >= 0.3 is 0 Å². The monoisotopic (exact) mass is 607 g/mol. The lowest BCUT2D eigenvalue weighted by atomic mass is 10.1. The number of halogens is 3. The molecule has 0 bridgehead atoms. The van der Waals surface area contributed by atoms with Gasteiger partial charge in [0.25, 0.3) is 10.1 Å². The maximum absolute atomic E-state index is 13.9. The molecule has 2 aromatic heterocycles. The van der Waals surface area contributed by atoms with Crippen molar-refractivity contribution >= 4 is 39.1 Å². The van der Waals surface area contributed by atoms with Gasteiger partial charge in [0.05, 0.1) is 22.2 Å². The van der Waals surface area contributed by atoms with Crippen molar-refractivity contribution in [2.75, 3.05) is 18.8 Å². The first-order valence-corrected chi connectivity index (χ1v) is 14.6. The van der Waals surface area contributed by atoms with Crippen molar-refractivity contribution < 1.29 is 22.1 Å². The second-order valence-electron chi connectivity index (χ2n) is 9.10. The highest BCUT2D eigenvalue weighted by Crippen LogP contribution is 2.37. The molecule has 1 fully saturated rings. The molecule has 0 amide bonds. The van der Waals surface area contributed by atoms with Crippen molar-refractivity contribution in [2.24, 2.45) is 0 Å². The fraction of sp³-hybridized carbons (Fsp3) is 0.259. The van der Waals surface area contributed by atoms with Crippen LogP contribution < -0.4 is 15.8 Å². The van der Waals surface area contributed by atoms with Crippen molar-refractivity contribution in [1.82, 2.24) is 20.1 Å². The van der Waals surface area contributed by atoms with Crippen LogP contribution in [0.2, 0.25) is 10.0 Å². The molecule has 0 spiro atoms. The summed E-state index contributed by atoms with van der Waals surface area (Å²) in [5, 5.41) is 8.13. The van der Waals surface area contributed by atoms with E-state index in [0.717, 1.165) is 37.1 Å². The summed E-state index contributed by atoms with van der Waals surface area (Å²) in [6.07, 6.45) is 6.96. The van der Waals surface area contributed by atoms with Crippen molar-refractivity contribution in [3.05, 3.63) is 88.5 Å². The highest BCUT2D eigenvalue weighted by atomic mass is 35.5. The van der Waals surface area contributed by atoms with E-state index in [1.165, 1.54) is 24.3 Å². The Kier molecular flexibility index (Phi) is 9.64. The van der Waals surface area contributed by atoms with Gasteiger partial charge in [-0.3, -0.25) is 9.23 Å². The van der Waals surface area contributed by atoms with Crippen molar-refractivity contribution in [3.8, 4) is 16.9 Å². The van der Waals surface area contributed by atoms with E-state index in [1.807, 2.05) is 17.1 Å². The molecule has 9 nitrogen and oxygen atoms in total. The lowest BCUT2D eigenvalue weighted by Crippen LogP contribution is -2.29. The number of aromatic nitrogens is 3. The Morgan fingerprint density at radius 1 is 1.12 bits per heavy atom. The van der Waals surface area contributed by atoms with Gasteiger partial charge in [-0.05, 0) is 63.2 Å². The molecule has 4 aromatic rings. The number of nitrogen functional groups attached to an aromatic ring is 1. The molecular formula is C27H28Cl2FN5O4S. The van der Waals surface area contributed by atoms with Crippen molar-refractivity contribution in [3.63, 3.8) is 0 Å². The molecule has 0 radical (unpaired) electrons. The molecular weight excluding hydrogens is 580 g/mol. The number of piperidine rings is 1. The minimum atomic E-state index is -4.00. The number of benzene rings is 2. The molecule has 1 aliphatic heterocycles. The molecule has 3 heterocycles. The van der Waals surface area contributed by atoms with Gasteiger partial charge in [0.1, 0.15) is 11.9 Å². The number of nitrogens with zero attached hydrogens (tertiary/aromatic N) is 3. The summed E-state index contributed by atoms with van der Waals surface area (Å²) in [7, 11) is -4.00. The molecule has 0 aliphatic carbocycles. The van der Waals surface area contributed by atoms with Crippen LogP contribution in [0.4, 0.5) is 10.2 Å². The van der Waals surface area contributed by atoms with E-state index in [9.17, 15) is 12.8 Å². The Morgan fingerprint density at radius 2 is 1.82 bits per heavy atom. The minimum Gasteiger partial charge on any atom is -0.482 e. The highest BCUT2D eigenvalue weighted by Gasteiger charge is 2.21. The average molecular weight is 609 g/mol. The first-order chi connectivity index (χ1) is 19.0. The van der Waals surface area contributed by atoms with E-state index in [-0.39, 0.29) is 15.7 Å². The number of rotatable bonds is 6. The van der Waals surface area contributed by atoms with Crippen LogP contribution in [-0.2, 0) is 10.1 Å². The third-order valence-electron chi connectivity index (χ3n) is 6.33. The molecule has 0 saturated carbocycles. The fourth-order valence-electron chi connectivity index (χ4n) is 4.22. The summed E-state index contributed by atoms with van der Waals surface area (Å²) >= 11 is 12.3. The Balaban J connectivity index is 0.000000312. The van der Waals surface area contributed by atoms with Gasteiger partial charge < -0.3 is 15.8 Å². The smallest absolute Gasteiger partial charge is 0.294 e. The van der Waals surface area contributed by atoms with Crippen molar-refractivity contribution in [1.29, 1.82) is 0 Å². The van der Waals surface area contributed by atoms with Crippen LogP contribution in [0, 0.1) is 5.82 Å². The molecule has 0 unspecified atom stereocenters. The van der Waals surface area contributed by atoms with Gasteiger partial charge in [-0.15, -0.1) is 0 Å². The zero-order valence-electron chi connectivity index (χ0n) is 21.5.